The number of hydrogen-bond donors (Lipinski definition) is 2. The smallest absolute Gasteiger partial charge is 0.266 e. The number of rotatable bonds is 7. The number of nitrogens with zero attached hydrogens (tertiary/aromatic N) is 11. The fourth-order valence-corrected chi connectivity index (χ4v) is 8.06. The average molecular weight is 816 g/mol. The lowest BCUT2D eigenvalue weighted by Crippen LogP contribution is -2.26. The molecule has 0 aliphatic carbocycles. The van der Waals surface area contributed by atoms with Crippen LogP contribution in [0.15, 0.2) is 125 Å². The molecule has 3 N–H and O–H groups in total. The molecule has 4 aromatic carbocycles. The summed E-state index contributed by atoms with van der Waals surface area (Å²) in [7, 11) is 0. The van der Waals surface area contributed by atoms with E-state index in [1.807, 2.05) is 79.9 Å². The van der Waals surface area contributed by atoms with Gasteiger partial charge in [0.1, 0.15) is 46.2 Å². The molecule has 0 unspecified atom stereocenters. The van der Waals surface area contributed by atoms with Crippen LogP contribution in [-0.4, -0.2) is 58.6 Å². The zero-order valence-corrected chi connectivity index (χ0v) is 33.2. The van der Waals surface area contributed by atoms with Crippen molar-refractivity contribution in [3.8, 4) is 11.4 Å². The van der Waals surface area contributed by atoms with Gasteiger partial charge in [0, 0.05) is 0 Å². The Hall–Kier alpha value is -7.66. The molecule has 0 fully saturated rings. The van der Waals surface area contributed by atoms with Gasteiger partial charge in [-0.15, -0.1) is 0 Å². The van der Waals surface area contributed by atoms with Gasteiger partial charge in [-0.2, -0.15) is 0 Å². The summed E-state index contributed by atoms with van der Waals surface area (Å²) in [6, 6.07) is 25.2. The second kappa shape index (κ2) is 15.6. The van der Waals surface area contributed by atoms with Crippen molar-refractivity contribution < 1.29 is 4.39 Å². The number of aryl methyl sites for hydroxylation is 3. The van der Waals surface area contributed by atoms with Crippen LogP contribution in [-0.2, 0) is 12.3 Å². The Morgan fingerprint density at radius 2 is 1.32 bits per heavy atom. The summed E-state index contributed by atoms with van der Waals surface area (Å²) in [5, 5.41) is 1.77. The van der Waals surface area contributed by atoms with E-state index >= 15 is 0 Å². The summed E-state index contributed by atoms with van der Waals surface area (Å²) in [6.45, 7) is 6.06. The molecule has 0 radical (unpaired) electrons. The van der Waals surface area contributed by atoms with Crippen molar-refractivity contribution in [1.29, 1.82) is 0 Å². The van der Waals surface area contributed by atoms with Gasteiger partial charge in [0.15, 0.2) is 17.1 Å². The lowest BCUT2D eigenvalue weighted by molar-refractivity contribution is 0.613. The summed E-state index contributed by atoms with van der Waals surface area (Å²) in [5.74, 6) is 1.15. The van der Waals surface area contributed by atoms with Crippen LogP contribution in [0.1, 0.15) is 28.3 Å². The normalized spacial score (nSPS) is 11.4. The summed E-state index contributed by atoms with van der Waals surface area (Å²) in [6.07, 6.45) is 6.04. The van der Waals surface area contributed by atoms with E-state index in [1.165, 1.54) is 35.0 Å². The van der Waals surface area contributed by atoms with Gasteiger partial charge in [-0.05, 0) is 67.8 Å². The highest BCUT2D eigenvalue weighted by atomic mass is 32.2. The third-order valence-corrected chi connectivity index (χ3v) is 11.1. The van der Waals surface area contributed by atoms with Gasteiger partial charge in [0.05, 0.1) is 58.1 Å². The van der Waals surface area contributed by atoms with E-state index in [-0.39, 0.29) is 16.8 Å². The number of aromatic nitrogens is 12. The lowest BCUT2D eigenvalue weighted by Gasteiger charge is -2.16. The van der Waals surface area contributed by atoms with Crippen LogP contribution in [0.5, 0.6) is 0 Å². The van der Waals surface area contributed by atoms with Crippen LogP contribution >= 0.6 is 11.8 Å². The molecule has 296 valence electrons. The molecule has 6 aromatic heterocycles. The number of fused-ring (bicyclic) bond motifs is 4. The zero-order valence-electron chi connectivity index (χ0n) is 32.4. The molecule has 0 aliphatic rings. The minimum atomic E-state index is -0.487. The van der Waals surface area contributed by atoms with E-state index in [2.05, 4.69) is 34.9 Å². The summed E-state index contributed by atoms with van der Waals surface area (Å²) >= 11 is 1.38. The number of anilines is 1. The van der Waals surface area contributed by atoms with E-state index in [0.717, 1.165) is 22.4 Å². The van der Waals surface area contributed by atoms with Gasteiger partial charge >= 0.3 is 0 Å². The molecule has 0 spiro atoms. The molecule has 0 amide bonds. The first kappa shape index (κ1) is 37.9. The van der Waals surface area contributed by atoms with Gasteiger partial charge in [-0.3, -0.25) is 18.7 Å². The Labute approximate surface area is 343 Å². The number of aromatic amines is 1. The van der Waals surface area contributed by atoms with Crippen LogP contribution in [0, 0.1) is 26.6 Å². The second-order valence-electron chi connectivity index (χ2n) is 13.9. The maximum absolute atomic E-state index is 14.6. The monoisotopic (exact) mass is 815 g/mol. The summed E-state index contributed by atoms with van der Waals surface area (Å²) in [5.41, 5.74) is 12.8. The Kier molecular flexibility index (Phi) is 9.85. The number of hydrogen-bond acceptors (Lipinski definition) is 12. The minimum Gasteiger partial charge on any atom is -0.382 e. The first-order valence-electron chi connectivity index (χ1n) is 18.7. The highest BCUT2D eigenvalue weighted by Gasteiger charge is 2.20. The predicted octanol–water partition coefficient (Wildman–Crippen LogP) is 6.56. The molecule has 0 aliphatic heterocycles. The first-order valence-corrected chi connectivity index (χ1v) is 19.7. The third kappa shape index (κ3) is 6.79. The molecule has 6 heterocycles. The number of nitrogens with one attached hydrogen (secondary N) is 1. The van der Waals surface area contributed by atoms with Crippen molar-refractivity contribution in [1.82, 2.24) is 58.6 Å². The quantitative estimate of drug-likeness (QED) is 0.130. The number of nitrogen functional groups attached to an aromatic ring is 1. The lowest BCUT2D eigenvalue weighted by atomic mass is 10.1. The number of halogens is 1. The Bertz CT molecular complexity index is 3400. The topological polar surface area (TPSA) is 194 Å². The molecule has 60 heavy (non-hydrogen) atoms. The highest BCUT2D eigenvalue weighted by molar-refractivity contribution is 7.98. The Balaban J connectivity index is 0.000000154. The number of benzene rings is 4. The van der Waals surface area contributed by atoms with E-state index in [0.29, 0.717) is 78.9 Å². The SMILES string of the molecule is Cc1cccc2nc(CSc3ncnc4nc[nH]c34)n(-c3ccccc3F)c(=O)c12.Cc1ccccc1-n1c(Cn2cnc3c(N)ncnc32)nc2cccc(C)c2c1=O. The van der Waals surface area contributed by atoms with Crippen LogP contribution in [0.2, 0.25) is 0 Å². The van der Waals surface area contributed by atoms with Crippen molar-refractivity contribution in [3.63, 3.8) is 0 Å². The number of thioether (sulfide) groups is 1. The largest absolute Gasteiger partial charge is 0.382 e. The zero-order chi connectivity index (χ0) is 41.5. The predicted molar refractivity (Wildman–Crippen MR) is 229 cm³/mol. The van der Waals surface area contributed by atoms with Crippen molar-refractivity contribution in [2.45, 2.75) is 38.1 Å². The van der Waals surface area contributed by atoms with Gasteiger partial charge in [0.2, 0.25) is 0 Å². The maximum atomic E-state index is 14.6. The summed E-state index contributed by atoms with van der Waals surface area (Å²) < 4.78 is 19.5. The Morgan fingerprint density at radius 1 is 0.683 bits per heavy atom. The Morgan fingerprint density at radius 3 is 2.03 bits per heavy atom. The number of H-pyrrole nitrogens is 1. The second-order valence-corrected chi connectivity index (χ2v) is 14.8. The number of imidazole rings is 2. The van der Waals surface area contributed by atoms with E-state index < -0.39 is 5.82 Å². The molecule has 0 saturated carbocycles. The van der Waals surface area contributed by atoms with Crippen molar-refractivity contribution in [2.24, 2.45) is 0 Å². The van der Waals surface area contributed by atoms with Gasteiger partial charge in [-0.1, -0.05) is 66.4 Å². The standard InChI is InChI=1S/C22H19N7O.C21H15FN6OS/c1-13-6-3-4-9-16(13)29-17(27-15-8-5-7-14(2)18(15)22(29)30)10-28-12-26-19-20(23)24-11-25-21(19)28;1-12-5-4-7-14-17(12)21(29)28(15-8-3-2-6-13(15)22)16(27-14)9-30-20-18-19(24-10-23-18)25-11-26-20/h3-9,11-12H,10H2,1-2H3,(H2,23,24,25);2-8,10-11H,9H2,1H3,(H,23,24,25,26). The average Bonchev–Trinajstić information content (AvgIpc) is 3.90. The molecule has 0 atom stereocenters. The molecule has 10 aromatic rings. The molecule has 15 nitrogen and oxygen atoms in total. The maximum Gasteiger partial charge on any atom is 0.266 e. The van der Waals surface area contributed by atoms with Crippen LogP contribution in [0.25, 0.3) is 55.5 Å². The summed E-state index contributed by atoms with van der Waals surface area (Å²) in [4.78, 5) is 64.8. The van der Waals surface area contributed by atoms with Crippen LogP contribution in [0.4, 0.5) is 10.2 Å². The fourth-order valence-electron chi connectivity index (χ4n) is 7.18. The molecule has 0 saturated heterocycles. The van der Waals surface area contributed by atoms with Crippen LogP contribution in [0.3, 0.4) is 0 Å². The molecular weight excluding hydrogens is 782 g/mol. The number of nitrogens with two attached hydrogens (primary N) is 1. The molecule has 0 bridgehead atoms. The highest BCUT2D eigenvalue weighted by Crippen LogP contribution is 2.27. The third-order valence-electron chi connectivity index (χ3n) is 10.1. The first-order chi connectivity index (χ1) is 29.2. The molecular formula is C43H34FN13O2S. The van der Waals surface area contributed by atoms with Crippen LogP contribution < -0.4 is 16.9 Å². The fraction of sp³-hybridized carbons (Fsp3) is 0.116. The van der Waals surface area contributed by atoms with E-state index in [4.69, 9.17) is 15.7 Å². The number of para-hydroxylation sites is 2. The van der Waals surface area contributed by atoms with Gasteiger partial charge in [-0.25, -0.2) is 44.3 Å². The molecule has 17 heteroatoms. The van der Waals surface area contributed by atoms with Crippen molar-refractivity contribution in [2.75, 3.05) is 5.73 Å². The van der Waals surface area contributed by atoms with Crippen molar-refractivity contribution in [3.05, 3.63) is 165 Å². The van der Waals surface area contributed by atoms with Crippen molar-refractivity contribution >= 4 is 61.7 Å². The van der Waals surface area contributed by atoms with E-state index in [1.54, 1.807) is 41.5 Å². The van der Waals surface area contributed by atoms with E-state index in [9.17, 15) is 14.0 Å². The van der Waals surface area contributed by atoms with Gasteiger partial charge in [0.25, 0.3) is 11.1 Å². The minimum absolute atomic E-state index is 0.0963. The molecule has 10 rings (SSSR count). The van der Waals surface area contributed by atoms with Gasteiger partial charge < -0.3 is 15.3 Å².